The number of hydrogen-bond acceptors (Lipinski definition) is 0. The smallest absolute Gasteiger partial charge is 0.0836 e. The second-order valence-electron chi connectivity index (χ2n) is 4.91. The summed E-state index contributed by atoms with van der Waals surface area (Å²) in [6.07, 6.45) is 3.54. The first kappa shape index (κ1) is 15.7. The Hall–Kier alpha value is -0.690. The average Bonchev–Trinajstić information content (AvgIpc) is 2.44. The molecule has 3 heteroatoms. The van der Waals surface area contributed by atoms with Crippen LogP contribution in [-0.2, 0) is 6.42 Å². The lowest BCUT2D eigenvalue weighted by Gasteiger charge is -2.12. The Morgan fingerprint density at radius 2 is 1.50 bits per heavy atom. The lowest BCUT2D eigenvalue weighted by molar-refractivity contribution is 0.794. The monoisotopic (exact) mass is 326 g/mol. The van der Waals surface area contributed by atoms with E-state index in [2.05, 4.69) is 31.2 Å². The fraction of sp³-hybridized carbons (Fsp3) is 0.294. The van der Waals surface area contributed by atoms with Crippen LogP contribution in [0, 0.1) is 0 Å². The Balaban J connectivity index is 2.17. The molecule has 1 atom stereocenters. The molecule has 0 nitrogen and oxygen atoms in total. The predicted octanol–water partition coefficient (Wildman–Crippen LogP) is 6.66. The van der Waals surface area contributed by atoms with Crippen molar-refractivity contribution in [2.75, 3.05) is 0 Å². The Kier molecular flexibility index (Phi) is 5.77. The summed E-state index contributed by atoms with van der Waals surface area (Å²) in [7, 11) is 0. The van der Waals surface area contributed by atoms with E-state index < -0.39 is 0 Å². The van der Waals surface area contributed by atoms with Gasteiger partial charge in [0.1, 0.15) is 0 Å². The molecule has 0 spiro atoms. The molecule has 0 amide bonds. The van der Waals surface area contributed by atoms with Crippen molar-refractivity contribution in [2.45, 2.75) is 31.6 Å². The van der Waals surface area contributed by atoms with Crippen molar-refractivity contribution in [1.29, 1.82) is 0 Å². The van der Waals surface area contributed by atoms with Gasteiger partial charge in [0.25, 0.3) is 0 Å². The molecule has 1 unspecified atom stereocenters. The number of halogens is 3. The maximum absolute atomic E-state index is 6.51. The van der Waals surface area contributed by atoms with Crippen LogP contribution < -0.4 is 0 Å². The molecule has 2 aromatic carbocycles. The van der Waals surface area contributed by atoms with E-state index in [0.29, 0.717) is 10.0 Å². The summed E-state index contributed by atoms with van der Waals surface area (Å²) < 4.78 is 0. The van der Waals surface area contributed by atoms with Gasteiger partial charge in [0.15, 0.2) is 0 Å². The molecule has 2 rings (SSSR count). The second kappa shape index (κ2) is 7.36. The lowest BCUT2D eigenvalue weighted by Crippen LogP contribution is -1.94. The van der Waals surface area contributed by atoms with E-state index in [1.54, 1.807) is 6.07 Å². The van der Waals surface area contributed by atoms with Crippen LogP contribution >= 0.6 is 34.8 Å². The normalized spacial score (nSPS) is 12.4. The summed E-state index contributed by atoms with van der Waals surface area (Å²) in [6, 6.07) is 13.9. The number of benzene rings is 2. The highest BCUT2D eigenvalue weighted by Gasteiger charge is 2.12. The highest BCUT2D eigenvalue weighted by molar-refractivity contribution is 6.35. The topological polar surface area (TPSA) is 0 Å². The van der Waals surface area contributed by atoms with E-state index in [0.717, 1.165) is 17.5 Å². The molecular weight excluding hydrogens is 311 g/mol. The number of hydrogen-bond donors (Lipinski definition) is 0. The molecule has 106 valence electrons. The van der Waals surface area contributed by atoms with Gasteiger partial charge in [-0.1, -0.05) is 60.8 Å². The largest absolute Gasteiger partial charge is 0.113 e. The SMILES string of the molecule is CCCCc1ccc(C(Cl)c2cc(Cl)cc(Cl)c2)cc1. The summed E-state index contributed by atoms with van der Waals surface area (Å²) >= 11 is 18.6. The van der Waals surface area contributed by atoms with Gasteiger partial charge in [0.05, 0.1) is 5.38 Å². The van der Waals surface area contributed by atoms with Gasteiger partial charge in [-0.2, -0.15) is 0 Å². The molecule has 0 aromatic heterocycles. The summed E-state index contributed by atoms with van der Waals surface area (Å²) in [6.45, 7) is 2.20. The Labute approximate surface area is 135 Å². The molecule has 0 saturated carbocycles. The van der Waals surface area contributed by atoms with Crippen LogP contribution in [0.1, 0.15) is 41.8 Å². The number of aryl methyl sites for hydroxylation is 1. The van der Waals surface area contributed by atoms with E-state index in [1.165, 1.54) is 18.4 Å². The van der Waals surface area contributed by atoms with Gasteiger partial charge < -0.3 is 0 Å². The van der Waals surface area contributed by atoms with E-state index >= 15 is 0 Å². The third kappa shape index (κ3) is 4.15. The van der Waals surface area contributed by atoms with Gasteiger partial charge in [-0.15, -0.1) is 11.6 Å². The van der Waals surface area contributed by atoms with Crippen molar-refractivity contribution in [3.8, 4) is 0 Å². The van der Waals surface area contributed by atoms with Crippen molar-refractivity contribution in [3.05, 3.63) is 69.2 Å². The van der Waals surface area contributed by atoms with Crippen LogP contribution in [0.3, 0.4) is 0 Å². The Bertz CT molecular complexity index is 541. The third-order valence-corrected chi connectivity index (χ3v) is 4.21. The van der Waals surface area contributed by atoms with Gasteiger partial charge in [0.2, 0.25) is 0 Å². The van der Waals surface area contributed by atoms with Crippen LogP contribution in [0.25, 0.3) is 0 Å². The molecule has 0 aliphatic rings. The quantitative estimate of drug-likeness (QED) is 0.538. The van der Waals surface area contributed by atoms with Crippen molar-refractivity contribution in [2.24, 2.45) is 0 Å². The number of rotatable bonds is 5. The first-order chi connectivity index (χ1) is 9.60. The van der Waals surface area contributed by atoms with E-state index in [4.69, 9.17) is 34.8 Å². The van der Waals surface area contributed by atoms with Crippen LogP contribution in [-0.4, -0.2) is 0 Å². The maximum Gasteiger partial charge on any atom is 0.0836 e. The first-order valence-electron chi connectivity index (χ1n) is 6.79. The van der Waals surface area contributed by atoms with Gasteiger partial charge in [-0.05, 0) is 47.7 Å². The van der Waals surface area contributed by atoms with Gasteiger partial charge in [-0.3, -0.25) is 0 Å². The Morgan fingerprint density at radius 1 is 0.900 bits per heavy atom. The molecule has 0 bridgehead atoms. The fourth-order valence-electron chi connectivity index (χ4n) is 2.15. The predicted molar refractivity (Wildman–Crippen MR) is 89.2 cm³/mol. The molecule has 2 aromatic rings. The molecular formula is C17H17Cl3. The van der Waals surface area contributed by atoms with Crippen LogP contribution in [0.2, 0.25) is 10.0 Å². The van der Waals surface area contributed by atoms with Crippen molar-refractivity contribution in [1.82, 2.24) is 0 Å². The molecule has 0 aliphatic heterocycles. The standard InChI is InChI=1S/C17H17Cl3/c1-2-3-4-12-5-7-13(8-6-12)17(20)14-9-15(18)11-16(19)10-14/h5-11,17H,2-4H2,1H3. The van der Waals surface area contributed by atoms with Crippen molar-refractivity contribution < 1.29 is 0 Å². The molecule has 0 aliphatic carbocycles. The zero-order valence-electron chi connectivity index (χ0n) is 11.4. The van der Waals surface area contributed by atoms with Crippen molar-refractivity contribution >= 4 is 34.8 Å². The van der Waals surface area contributed by atoms with Gasteiger partial charge in [0, 0.05) is 10.0 Å². The average molecular weight is 328 g/mol. The van der Waals surface area contributed by atoms with Crippen LogP contribution in [0.4, 0.5) is 0 Å². The van der Waals surface area contributed by atoms with E-state index in [-0.39, 0.29) is 5.38 Å². The second-order valence-corrected chi connectivity index (χ2v) is 6.22. The highest BCUT2D eigenvalue weighted by atomic mass is 35.5. The highest BCUT2D eigenvalue weighted by Crippen LogP contribution is 2.32. The van der Waals surface area contributed by atoms with E-state index in [1.807, 2.05) is 12.1 Å². The molecule has 0 fully saturated rings. The van der Waals surface area contributed by atoms with Gasteiger partial charge >= 0.3 is 0 Å². The molecule has 20 heavy (non-hydrogen) atoms. The zero-order valence-corrected chi connectivity index (χ0v) is 13.6. The molecule has 0 saturated heterocycles. The summed E-state index contributed by atoms with van der Waals surface area (Å²) in [5.74, 6) is 0. The number of alkyl halides is 1. The minimum Gasteiger partial charge on any atom is -0.113 e. The van der Waals surface area contributed by atoms with Crippen molar-refractivity contribution in [3.63, 3.8) is 0 Å². The molecule has 0 heterocycles. The Morgan fingerprint density at radius 3 is 2.05 bits per heavy atom. The minimum atomic E-state index is -0.230. The van der Waals surface area contributed by atoms with E-state index in [9.17, 15) is 0 Å². The number of unbranched alkanes of at least 4 members (excludes halogenated alkanes) is 1. The lowest BCUT2D eigenvalue weighted by atomic mass is 10.0. The molecule has 0 N–H and O–H groups in total. The minimum absolute atomic E-state index is 0.230. The first-order valence-corrected chi connectivity index (χ1v) is 7.98. The molecule has 0 radical (unpaired) electrons. The summed E-state index contributed by atoms with van der Waals surface area (Å²) in [5, 5.41) is 0.988. The summed E-state index contributed by atoms with van der Waals surface area (Å²) in [5.41, 5.74) is 3.33. The zero-order chi connectivity index (χ0) is 14.5. The van der Waals surface area contributed by atoms with Gasteiger partial charge in [-0.25, -0.2) is 0 Å². The van der Waals surface area contributed by atoms with Crippen LogP contribution in [0.15, 0.2) is 42.5 Å². The maximum atomic E-state index is 6.51. The van der Waals surface area contributed by atoms with Crippen LogP contribution in [0.5, 0.6) is 0 Å². The third-order valence-electron chi connectivity index (χ3n) is 3.27. The summed E-state index contributed by atoms with van der Waals surface area (Å²) in [4.78, 5) is 0. The fourth-order valence-corrected chi connectivity index (χ4v) is 2.96.